The van der Waals surface area contributed by atoms with Gasteiger partial charge in [0.1, 0.15) is 30.1 Å². The van der Waals surface area contributed by atoms with Gasteiger partial charge in [-0.3, -0.25) is 4.79 Å². The van der Waals surface area contributed by atoms with Crippen LogP contribution in [0.3, 0.4) is 0 Å². The molecule has 8 heteroatoms. The summed E-state index contributed by atoms with van der Waals surface area (Å²) in [5, 5.41) is 12.2. The summed E-state index contributed by atoms with van der Waals surface area (Å²) in [6.45, 7) is 1.29. The minimum absolute atomic E-state index is 0.0325. The van der Waals surface area contributed by atoms with E-state index in [0.29, 0.717) is 17.9 Å². The van der Waals surface area contributed by atoms with E-state index in [1.54, 1.807) is 12.1 Å². The van der Waals surface area contributed by atoms with Crippen LogP contribution in [0.25, 0.3) is 0 Å². The molecular formula is C22H22F2N2O4. The summed E-state index contributed by atoms with van der Waals surface area (Å²) in [5.74, 6) is -1.50. The van der Waals surface area contributed by atoms with Crippen LogP contribution < -0.4 is 10.1 Å². The van der Waals surface area contributed by atoms with Crippen LogP contribution in [-0.4, -0.2) is 35.2 Å². The SMILES string of the molecule is O=C(O)CCN1C=C2NC(c3ccc(OCc4cc(F)cc(F)c4)cc3)OC2CC1. The monoisotopic (exact) mass is 416 g/mol. The van der Waals surface area contributed by atoms with Crippen LogP contribution in [0.15, 0.2) is 54.4 Å². The number of halogens is 2. The highest BCUT2D eigenvalue weighted by Crippen LogP contribution is 2.32. The molecule has 0 aromatic heterocycles. The number of nitrogens with one attached hydrogen (secondary N) is 1. The Morgan fingerprint density at radius 1 is 1.20 bits per heavy atom. The first-order valence-corrected chi connectivity index (χ1v) is 9.73. The van der Waals surface area contributed by atoms with Crippen LogP contribution in [-0.2, 0) is 16.1 Å². The van der Waals surface area contributed by atoms with Crippen molar-refractivity contribution in [2.24, 2.45) is 0 Å². The Morgan fingerprint density at radius 3 is 2.63 bits per heavy atom. The molecule has 2 aromatic rings. The molecule has 6 nitrogen and oxygen atoms in total. The van der Waals surface area contributed by atoms with Crippen molar-refractivity contribution in [3.8, 4) is 5.75 Å². The Morgan fingerprint density at radius 2 is 1.93 bits per heavy atom. The first-order chi connectivity index (χ1) is 14.5. The fourth-order valence-corrected chi connectivity index (χ4v) is 3.58. The van der Waals surface area contributed by atoms with Crippen molar-refractivity contribution in [1.82, 2.24) is 10.2 Å². The second kappa shape index (κ2) is 8.71. The Hall–Kier alpha value is -3.13. The molecule has 2 aliphatic heterocycles. The van der Waals surface area contributed by atoms with Gasteiger partial charge in [0.25, 0.3) is 0 Å². The zero-order chi connectivity index (χ0) is 21.1. The van der Waals surface area contributed by atoms with Crippen LogP contribution in [0.4, 0.5) is 8.78 Å². The summed E-state index contributed by atoms with van der Waals surface area (Å²) in [6.07, 6.45) is 2.50. The summed E-state index contributed by atoms with van der Waals surface area (Å²) in [6, 6.07) is 10.6. The van der Waals surface area contributed by atoms with Crippen LogP contribution in [0.1, 0.15) is 30.2 Å². The van der Waals surface area contributed by atoms with E-state index in [0.717, 1.165) is 30.3 Å². The smallest absolute Gasteiger partial charge is 0.305 e. The van der Waals surface area contributed by atoms with E-state index >= 15 is 0 Å². The molecule has 30 heavy (non-hydrogen) atoms. The molecule has 2 atom stereocenters. The molecule has 2 aromatic carbocycles. The number of hydrogen-bond acceptors (Lipinski definition) is 5. The van der Waals surface area contributed by atoms with Crippen LogP contribution in [0.2, 0.25) is 0 Å². The van der Waals surface area contributed by atoms with Crippen LogP contribution in [0, 0.1) is 11.6 Å². The van der Waals surface area contributed by atoms with Crippen molar-refractivity contribution in [2.75, 3.05) is 13.1 Å². The average molecular weight is 416 g/mol. The summed E-state index contributed by atoms with van der Waals surface area (Å²) < 4.78 is 38.2. The van der Waals surface area contributed by atoms with Gasteiger partial charge in [0, 0.05) is 30.9 Å². The van der Waals surface area contributed by atoms with Gasteiger partial charge in [0.2, 0.25) is 0 Å². The standard InChI is InChI=1S/C22H22F2N2O4/c23-16-9-14(10-17(24)11-16)13-29-18-3-1-15(2-4-18)22-25-19-12-26(8-6-21(27)28)7-5-20(19)30-22/h1-4,9-12,20,22,25H,5-8,13H2,(H,27,28). The van der Waals surface area contributed by atoms with Crippen molar-refractivity contribution >= 4 is 5.97 Å². The molecule has 2 heterocycles. The minimum Gasteiger partial charge on any atom is -0.489 e. The van der Waals surface area contributed by atoms with Gasteiger partial charge in [-0.1, -0.05) is 12.1 Å². The third-order valence-corrected chi connectivity index (χ3v) is 5.07. The fraction of sp³-hybridized carbons (Fsp3) is 0.318. The molecule has 0 saturated carbocycles. The number of carbonyl (C=O) groups is 1. The van der Waals surface area contributed by atoms with E-state index < -0.39 is 17.6 Å². The second-order valence-electron chi connectivity index (χ2n) is 7.34. The number of hydrogen-bond donors (Lipinski definition) is 2. The Balaban J connectivity index is 1.34. The molecule has 2 N–H and O–H groups in total. The lowest BCUT2D eigenvalue weighted by atomic mass is 10.1. The summed E-state index contributed by atoms with van der Waals surface area (Å²) in [7, 11) is 0. The summed E-state index contributed by atoms with van der Waals surface area (Å²) in [4.78, 5) is 12.8. The number of carboxylic acid groups (broad SMARTS) is 1. The van der Waals surface area contributed by atoms with Crippen molar-refractivity contribution in [2.45, 2.75) is 31.8 Å². The zero-order valence-electron chi connectivity index (χ0n) is 16.2. The average Bonchev–Trinajstić information content (AvgIpc) is 3.14. The third kappa shape index (κ3) is 4.88. The molecule has 0 spiro atoms. The first kappa shape index (κ1) is 20.2. The maximum Gasteiger partial charge on any atom is 0.305 e. The van der Waals surface area contributed by atoms with E-state index in [-0.39, 0.29) is 25.4 Å². The topological polar surface area (TPSA) is 71.0 Å². The molecule has 0 bridgehead atoms. The summed E-state index contributed by atoms with van der Waals surface area (Å²) in [5.41, 5.74) is 2.29. The largest absolute Gasteiger partial charge is 0.489 e. The third-order valence-electron chi connectivity index (χ3n) is 5.07. The van der Waals surface area contributed by atoms with Crippen molar-refractivity contribution < 1.29 is 28.2 Å². The molecule has 0 radical (unpaired) electrons. The zero-order valence-corrected chi connectivity index (χ0v) is 16.2. The lowest BCUT2D eigenvalue weighted by Gasteiger charge is -2.27. The van der Waals surface area contributed by atoms with E-state index in [9.17, 15) is 13.6 Å². The number of benzene rings is 2. The van der Waals surface area contributed by atoms with Gasteiger partial charge >= 0.3 is 5.97 Å². The second-order valence-corrected chi connectivity index (χ2v) is 7.34. The number of fused-ring (bicyclic) bond motifs is 1. The fourth-order valence-electron chi connectivity index (χ4n) is 3.58. The molecule has 2 aliphatic rings. The molecule has 0 amide bonds. The number of ether oxygens (including phenoxy) is 2. The molecule has 1 fully saturated rings. The number of carboxylic acids is 1. The molecule has 0 aliphatic carbocycles. The Labute approximate surface area is 172 Å². The Kier molecular flexibility index (Phi) is 5.85. The highest BCUT2D eigenvalue weighted by atomic mass is 19.1. The maximum absolute atomic E-state index is 13.3. The van der Waals surface area contributed by atoms with Crippen LogP contribution in [0.5, 0.6) is 5.75 Å². The maximum atomic E-state index is 13.3. The van der Waals surface area contributed by atoms with Gasteiger partial charge in [0.15, 0.2) is 6.23 Å². The molecular weight excluding hydrogens is 394 g/mol. The van der Waals surface area contributed by atoms with E-state index in [1.807, 2.05) is 23.2 Å². The van der Waals surface area contributed by atoms with Gasteiger partial charge in [-0.05, 0) is 36.2 Å². The van der Waals surface area contributed by atoms with Gasteiger partial charge in [-0.25, -0.2) is 8.78 Å². The van der Waals surface area contributed by atoms with Gasteiger partial charge in [-0.2, -0.15) is 0 Å². The van der Waals surface area contributed by atoms with E-state index in [1.165, 1.54) is 12.1 Å². The number of nitrogens with zero attached hydrogens (tertiary/aromatic N) is 1. The summed E-state index contributed by atoms with van der Waals surface area (Å²) >= 11 is 0. The lowest BCUT2D eigenvalue weighted by Crippen LogP contribution is -2.32. The normalized spacial score (nSPS) is 20.3. The predicted octanol–water partition coefficient (Wildman–Crippen LogP) is 3.55. The van der Waals surface area contributed by atoms with Crippen molar-refractivity contribution in [1.29, 1.82) is 0 Å². The van der Waals surface area contributed by atoms with Gasteiger partial charge in [-0.15, -0.1) is 0 Å². The highest BCUT2D eigenvalue weighted by Gasteiger charge is 2.33. The van der Waals surface area contributed by atoms with Crippen molar-refractivity contribution in [3.63, 3.8) is 0 Å². The van der Waals surface area contributed by atoms with Gasteiger partial charge in [0.05, 0.1) is 12.1 Å². The molecule has 2 unspecified atom stereocenters. The van der Waals surface area contributed by atoms with Crippen molar-refractivity contribution in [3.05, 3.63) is 77.1 Å². The van der Waals surface area contributed by atoms with Crippen LogP contribution >= 0.6 is 0 Å². The molecule has 158 valence electrons. The van der Waals surface area contributed by atoms with E-state index in [2.05, 4.69) is 5.32 Å². The number of rotatable bonds is 7. The van der Waals surface area contributed by atoms with E-state index in [4.69, 9.17) is 14.6 Å². The first-order valence-electron chi connectivity index (χ1n) is 9.73. The predicted molar refractivity (Wildman–Crippen MR) is 104 cm³/mol. The molecule has 4 rings (SSSR count). The minimum atomic E-state index is -0.811. The Bertz CT molecular complexity index is 928. The highest BCUT2D eigenvalue weighted by molar-refractivity contribution is 5.66. The van der Waals surface area contributed by atoms with Gasteiger partial charge < -0.3 is 24.8 Å². The molecule has 1 saturated heterocycles. The lowest BCUT2D eigenvalue weighted by molar-refractivity contribution is -0.137. The number of aliphatic carboxylic acids is 1. The quantitative estimate of drug-likeness (QED) is 0.719.